The fourth-order valence-electron chi connectivity index (χ4n) is 2.06. The lowest BCUT2D eigenvalue weighted by Gasteiger charge is -2.13. The summed E-state index contributed by atoms with van der Waals surface area (Å²) >= 11 is 0. The second-order valence-corrected chi connectivity index (χ2v) is 6.78. The van der Waals surface area contributed by atoms with Crippen molar-refractivity contribution in [2.45, 2.75) is 24.3 Å². The van der Waals surface area contributed by atoms with Crippen molar-refractivity contribution in [1.82, 2.24) is 4.72 Å². The van der Waals surface area contributed by atoms with Crippen LogP contribution in [-0.2, 0) is 16.6 Å². The van der Waals surface area contributed by atoms with Gasteiger partial charge in [0.2, 0.25) is 10.0 Å². The summed E-state index contributed by atoms with van der Waals surface area (Å²) in [4.78, 5) is 0.255. The maximum absolute atomic E-state index is 12.3. The Morgan fingerprint density at radius 2 is 1.81 bits per heavy atom. The van der Waals surface area contributed by atoms with Crippen molar-refractivity contribution in [3.63, 3.8) is 0 Å². The molecular formula is C16H20N2O2S. The predicted octanol–water partition coefficient (Wildman–Crippen LogP) is 2.23. The maximum atomic E-state index is 12.3. The lowest BCUT2D eigenvalue weighted by atomic mass is 10.0. The molecule has 1 atom stereocenters. The first-order chi connectivity index (χ1) is 10.0. The van der Waals surface area contributed by atoms with E-state index < -0.39 is 10.0 Å². The molecule has 0 spiro atoms. The molecule has 0 saturated heterocycles. The Morgan fingerprint density at radius 1 is 1.10 bits per heavy atom. The number of sulfonamides is 1. The third kappa shape index (κ3) is 4.14. The van der Waals surface area contributed by atoms with Gasteiger partial charge in [0.1, 0.15) is 0 Å². The zero-order valence-electron chi connectivity index (χ0n) is 12.0. The minimum atomic E-state index is -3.50. The maximum Gasteiger partial charge on any atom is 0.240 e. The molecule has 112 valence electrons. The molecule has 2 aromatic carbocycles. The molecule has 0 heterocycles. The molecule has 0 aliphatic rings. The molecular weight excluding hydrogens is 284 g/mol. The van der Waals surface area contributed by atoms with Crippen LogP contribution >= 0.6 is 0 Å². The van der Waals surface area contributed by atoms with Gasteiger partial charge in [0.05, 0.1) is 4.90 Å². The third-order valence-corrected chi connectivity index (χ3v) is 4.81. The van der Waals surface area contributed by atoms with Crippen molar-refractivity contribution in [3.8, 4) is 0 Å². The van der Waals surface area contributed by atoms with E-state index in [1.54, 1.807) is 18.2 Å². The first kappa shape index (κ1) is 15.7. The van der Waals surface area contributed by atoms with Crippen molar-refractivity contribution in [1.29, 1.82) is 0 Å². The van der Waals surface area contributed by atoms with E-state index in [0.717, 1.165) is 11.1 Å². The predicted molar refractivity (Wildman–Crippen MR) is 84.4 cm³/mol. The summed E-state index contributed by atoms with van der Waals surface area (Å²) < 4.78 is 27.2. The van der Waals surface area contributed by atoms with Crippen molar-refractivity contribution in [3.05, 3.63) is 65.7 Å². The summed E-state index contributed by atoms with van der Waals surface area (Å²) in [5.41, 5.74) is 7.45. The third-order valence-electron chi connectivity index (χ3n) is 3.39. The molecule has 0 radical (unpaired) electrons. The summed E-state index contributed by atoms with van der Waals surface area (Å²) in [5.74, 6) is 0.110. The van der Waals surface area contributed by atoms with Crippen LogP contribution in [0.1, 0.15) is 24.0 Å². The first-order valence-electron chi connectivity index (χ1n) is 6.86. The van der Waals surface area contributed by atoms with Crippen LogP contribution in [0.3, 0.4) is 0 Å². The summed E-state index contributed by atoms with van der Waals surface area (Å²) in [7, 11) is -3.50. The highest BCUT2D eigenvalue weighted by Crippen LogP contribution is 2.16. The number of nitrogens with two attached hydrogens (primary N) is 1. The van der Waals surface area contributed by atoms with Crippen LogP contribution in [0.5, 0.6) is 0 Å². The molecule has 1 unspecified atom stereocenters. The zero-order valence-corrected chi connectivity index (χ0v) is 12.8. The van der Waals surface area contributed by atoms with E-state index >= 15 is 0 Å². The summed E-state index contributed by atoms with van der Waals surface area (Å²) in [6.45, 7) is 2.68. The van der Waals surface area contributed by atoms with Gasteiger partial charge in [-0.2, -0.15) is 0 Å². The van der Waals surface area contributed by atoms with Gasteiger partial charge in [-0.3, -0.25) is 0 Å². The van der Waals surface area contributed by atoms with E-state index in [2.05, 4.69) is 4.72 Å². The normalized spacial score (nSPS) is 13.0. The summed E-state index contributed by atoms with van der Waals surface area (Å²) in [5, 5.41) is 0. The van der Waals surface area contributed by atoms with E-state index in [1.807, 2.05) is 43.3 Å². The molecule has 0 saturated carbocycles. The van der Waals surface area contributed by atoms with Gasteiger partial charge in [0.15, 0.2) is 0 Å². The standard InChI is InChI=1S/C16H20N2O2S/c1-13(15-7-3-2-4-8-15)12-18-21(19,20)16-9-5-6-14(10-16)11-17/h2-10,13,18H,11-12,17H2,1H3. The van der Waals surface area contributed by atoms with Crippen LogP contribution in [0.2, 0.25) is 0 Å². The van der Waals surface area contributed by atoms with Crippen molar-refractivity contribution in [2.75, 3.05) is 6.54 Å². The molecule has 3 N–H and O–H groups in total. The fourth-order valence-corrected chi connectivity index (χ4v) is 3.26. The Balaban J connectivity index is 2.07. The number of hydrogen-bond acceptors (Lipinski definition) is 3. The first-order valence-corrected chi connectivity index (χ1v) is 8.35. The molecule has 2 rings (SSSR count). The number of benzene rings is 2. The number of rotatable bonds is 6. The van der Waals surface area contributed by atoms with E-state index in [0.29, 0.717) is 13.1 Å². The van der Waals surface area contributed by atoms with Gasteiger partial charge in [0.25, 0.3) is 0 Å². The second kappa shape index (κ2) is 6.85. The molecule has 0 aliphatic carbocycles. The molecule has 21 heavy (non-hydrogen) atoms. The Hall–Kier alpha value is -1.69. The molecule has 0 amide bonds. The molecule has 4 nitrogen and oxygen atoms in total. The van der Waals surface area contributed by atoms with Gasteiger partial charge < -0.3 is 5.73 Å². The second-order valence-electron chi connectivity index (χ2n) is 5.02. The average Bonchev–Trinajstić information content (AvgIpc) is 2.53. The minimum absolute atomic E-state index is 0.110. The summed E-state index contributed by atoms with van der Waals surface area (Å²) in [6, 6.07) is 16.5. The summed E-state index contributed by atoms with van der Waals surface area (Å²) in [6.07, 6.45) is 0. The van der Waals surface area contributed by atoms with Crippen LogP contribution in [0.25, 0.3) is 0 Å². The van der Waals surface area contributed by atoms with Crippen LogP contribution in [0, 0.1) is 0 Å². The van der Waals surface area contributed by atoms with Crippen LogP contribution in [-0.4, -0.2) is 15.0 Å². The van der Waals surface area contributed by atoms with Crippen LogP contribution < -0.4 is 10.5 Å². The smallest absolute Gasteiger partial charge is 0.240 e. The van der Waals surface area contributed by atoms with Gasteiger partial charge in [-0.05, 0) is 29.2 Å². The van der Waals surface area contributed by atoms with Gasteiger partial charge >= 0.3 is 0 Å². The Morgan fingerprint density at radius 3 is 2.48 bits per heavy atom. The minimum Gasteiger partial charge on any atom is -0.326 e. The Bertz CT molecular complexity index is 684. The lowest BCUT2D eigenvalue weighted by Crippen LogP contribution is -2.27. The number of nitrogens with one attached hydrogen (secondary N) is 1. The fraction of sp³-hybridized carbons (Fsp3) is 0.250. The van der Waals surface area contributed by atoms with E-state index in [-0.39, 0.29) is 10.8 Å². The van der Waals surface area contributed by atoms with E-state index in [9.17, 15) is 8.42 Å². The molecule has 0 aliphatic heterocycles. The van der Waals surface area contributed by atoms with Crippen molar-refractivity contribution < 1.29 is 8.42 Å². The van der Waals surface area contributed by atoms with Crippen LogP contribution in [0.4, 0.5) is 0 Å². The molecule has 2 aromatic rings. The molecule has 0 fully saturated rings. The Labute approximate surface area is 126 Å². The average molecular weight is 304 g/mol. The van der Waals surface area contributed by atoms with Gasteiger partial charge in [-0.15, -0.1) is 0 Å². The highest BCUT2D eigenvalue weighted by molar-refractivity contribution is 7.89. The van der Waals surface area contributed by atoms with E-state index in [4.69, 9.17) is 5.73 Å². The van der Waals surface area contributed by atoms with Gasteiger partial charge in [0, 0.05) is 13.1 Å². The topological polar surface area (TPSA) is 72.2 Å². The van der Waals surface area contributed by atoms with Crippen molar-refractivity contribution >= 4 is 10.0 Å². The van der Waals surface area contributed by atoms with Gasteiger partial charge in [-0.1, -0.05) is 49.4 Å². The lowest BCUT2D eigenvalue weighted by molar-refractivity contribution is 0.575. The largest absolute Gasteiger partial charge is 0.326 e. The highest BCUT2D eigenvalue weighted by Gasteiger charge is 2.16. The SMILES string of the molecule is CC(CNS(=O)(=O)c1cccc(CN)c1)c1ccccc1. The monoisotopic (exact) mass is 304 g/mol. The molecule has 5 heteroatoms. The zero-order chi connectivity index (χ0) is 15.3. The highest BCUT2D eigenvalue weighted by atomic mass is 32.2. The van der Waals surface area contributed by atoms with Crippen molar-refractivity contribution in [2.24, 2.45) is 5.73 Å². The van der Waals surface area contributed by atoms with Gasteiger partial charge in [-0.25, -0.2) is 13.1 Å². The number of hydrogen-bond donors (Lipinski definition) is 2. The quantitative estimate of drug-likeness (QED) is 0.859. The molecule has 0 bridgehead atoms. The Kier molecular flexibility index (Phi) is 5.12. The van der Waals surface area contributed by atoms with E-state index in [1.165, 1.54) is 0 Å². The van der Waals surface area contributed by atoms with Crippen LogP contribution in [0.15, 0.2) is 59.5 Å². The molecule has 0 aromatic heterocycles.